The molecule has 2 rings (SSSR count). The van der Waals surface area contributed by atoms with E-state index in [0.29, 0.717) is 0 Å². The number of nitrogens with one attached hydrogen (secondary N) is 2. The number of carbonyl (C=O) groups excluding carboxylic acids is 3. The molecule has 0 radical (unpaired) electrons. The van der Waals surface area contributed by atoms with Crippen LogP contribution in [0.1, 0.15) is 43.1 Å². The van der Waals surface area contributed by atoms with Crippen molar-refractivity contribution in [2.75, 3.05) is 5.73 Å². The first kappa shape index (κ1) is 20.5. The third-order valence-electron chi connectivity index (χ3n) is 3.85. The number of amides is 3. The molecule has 1 aliphatic carbocycles. The minimum atomic E-state index is -1.27. The Morgan fingerprint density at radius 3 is 2.42 bits per heavy atom. The lowest BCUT2D eigenvalue weighted by Gasteiger charge is -2.16. The molecular formula is C15H17Cl3N4O4. The molecule has 0 aromatic carbocycles. The van der Waals surface area contributed by atoms with Gasteiger partial charge >= 0.3 is 12.0 Å². The SMILES string of the molecule is CC(OC(=O)c1nc(Cl)c(Cl)c(N)c1Cl)C(=O)NC(=O)NC1CCCC1. The largest absolute Gasteiger partial charge is 0.448 e. The van der Waals surface area contributed by atoms with Crippen LogP contribution in [-0.4, -0.2) is 35.0 Å². The van der Waals surface area contributed by atoms with E-state index in [9.17, 15) is 14.4 Å². The fourth-order valence-corrected chi connectivity index (χ4v) is 3.03. The molecule has 0 saturated heterocycles. The Labute approximate surface area is 164 Å². The topological polar surface area (TPSA) is 123 Å². The van der Waals surface area contributed by atoms with Gasteiger partial charge in [0, 0.05) is 6.04 Å². The van der Waals surface area contributed by atoms with Crippen LogP contribution in [0.15, 0.2) is 0 Å². The Bertz CT molecular complexity index is 738. The molecule has 11 heteroatoms. The second-order valence-electron chi connectivity index (χ2n) is 5.78. The third kappa shape index (κ3) is 4.90. The Morgan fingerprint density at radius 1 is 1.19 bits per heavy atom. The number of ether oxygens (including phenoxy) is 1. The molecular weight excluding hydrogens is 407 g/mol. The zero-order valence-electron chi connectivity index (χ0n) is 13.8. The molecule has 0 aliphatic heterocycles. The summed E-state index contributed by atoms with van der Waals surface area (Å²) in [7, 11) is 0. The average molecular weight is 424 g/mol. The van der Waals surface area contributed by atoms with E-state index < -0.39 is 24.0 Å². The van der Waals surface area contributed by atoms with Crippen LogP contribution < -0.4 is 16.4 Å². The number of nitrogens with two attached hydrogens (primary N) is 1. The van der Waals surface area contributed by atoms with Crippen molar-refractivity contribution in [3.05, 3.63) is 20.9 Å². The van der Waals surface area contributed by atoms with Crippen molar-refractivity contribution in [1.29, 1.82) is 0 Å². The van der Waals surface area contributed by atoms with E-state index in [-0.39, 0.29) is 32.6 Å². The summed E-state index contributed by atoms with van der Waals surface area (Å²) in [4.78, 5) is 39.6. The second-order valence-corrected chi connectivity index (χ2v) is 6.90. The van der Waals surface area contributed by atoms with E-state index in [1.807, 2.05) is 0 Å². The maximum Gasteiger partial charge on any atom is 0.359 e. The zero-order valence-corrected chi connectivity index (χ0v) is 16.0. The number of nitrogens with zero attached hydrogens (tertiary/aromatic N) is 1. The molecule has 1 aromatic heterocycles. The Hall–Kier alpha value is -1.77. The fraction of sp³-hybridized carbons (Fsp3) is 0.467. The lowest BCUT2D eigenvalue weighted by Crippen LogP contribution is -2.47. The highest BCUT2D eigenvalue weighted by molar-refractivity contribution is 6.46. The highest BCUT2D eigenvalue weighted by Gasteiger charge is 2.26. The summed E-state index contributed by atoms with van der Waals surface area (Å²) in [6.07, 6.45) is 2.54. The molecule has 1 fully saturated rings. The molecule has 3 amide bonds. The number of hydrogen-bond acceptors (Lipinski definition) is 6. The summed E-state index contributed by atoms with van der Waals surface area (Å²) in [5.74, 6) is -1.82. The molecule has 1 aromatic rings. The number of halogens is 3. The highest BCUT2D eigenvalue weighted by atomic mass is 35.5. The van der Waals surface area contributed by atoms with Crippen LogP contribution >= 0.6 is 34.8 Å². The van der Waals surface area contributed by atoms with Gasteiger partial charge in [-0.3, -0.25) is 10.1 Å². The van der Waals surface area contributed by atoms with Crippen LogP contribution in [0.25, 0.3) is 0 Å². The highest BCUT2D eigenvalue weighted by Crippen LogP contribution is 2.34. The molecule has 26 heavy (non-hydrogen) atoms. The minimum Gasteiger partial charge on any atom is -0.448 e. The van der Waals surface area contributed by atoms with Gasteiger partial charge in [-0.1, -0.05) is 47.6 Å². The molecule has 0 spiro atoms. The van der Waals surface area contributed by atoms with Crippen molar-refractivity contribution >= 4 is 58.4 Å². The van der Waals surface area contributed by atoms with E-state index in [1.54, 1.807) is 0 Å². The maximum atomic E-state index is 12.2. The number of imide groups is 1. The summed E-state index contributed by atoms with van der Waals surface area (Å²) < 4.78 is 4.96. The predicted molar refractivity (Wildman–Crippen MR) is 97.5 cm³/mol. The smallest absolute Gasteiger partial charge is 0.359 e. The van der Waals surface area contributed by atoms with E-state index in [4.69, 9.17) is 45.3 Å². The standard InChI is InChI=1S/C15H17Cl3N4O4/c1-6(13(23)22-15(25)20-7-4-2-3-5-7)26-14(24)11-8(16)10(19)9(17)12(18)21-11/h6-7H,2-5H2,1H3,(H2,19,21)(H2,20,22,23,25). The van der Waals surface area contributed by atoms with Crippen LogP contribution in [0, 0.1) is 0 Å². The number of hydrogen-bond donors (Lipinski definition) is 3. The molecule has 1 atom stereocenters. The molecule has 1 saturated carbocycles. The Morgan fingerprint density at radius 2 is 1.81 bits per heavy atom. The van der Waals surface area contributed by atoms with Crippen molar-refractivity contribution in [1.82, 2.24) is 15.6 Å². The van der Waals surface area contributed by atoms with Crippen LogP contribution in [0.3, 0.4) is 0 Å². The van der Waals surface area contributed by atoms with E-state index in [1.165, 1.54) is 6.92 Å². The average Bonchev–Trinajstić information content (AvgIpc) is 3.08. The fourth-order valence-electron chi connectivity index (χ4n) is 2.44. The molecule has 1 aliphatic rings. The molecule has 142 valence electrons. The number of carbonyl (C=O) groups is 3. The van der Waals surface area contributed by atoms with Gasteiger partial charge < -0.3 is 15.8 Å². The Kier molecular flexibility index (Phi) is 6.91. The number of esters is 1. The molecule has 8 nitrogen and oxygen atoms in total. The van der Waals surface area contributed by atoms with Crippen molar-refractivity contribution in [2.24, 2.45) is 0 Å². The second kappa shape index (κ2) is 8.75. The number of pyridine rings is 1. The summed E-state index contributed by atoms with van der Waals surface area (Å²) in [5, 5.41) is 4.24. The van der Waals surface area contributed by atoms with Crippen molar-refractivity contribution in [3.8, 4) is 0 Å². The molecule has 4 N–H and O–H groups in total. The van der Waals surface area contributed by atoms with E-state index >= 15 is 0 Å². The molecule has 0 bridgehead atoms. The zero-order chi connectivity index (χ0) is 19.4. The predicted octanol–water partition coefficient (Wildman–Crippen LogP) is 2.94. The van der Waals surface area contributed by atoms with Crippen LogP contribution in [-0.2, 0) is 9.53 Å². The molecule has 1 heterocycles. The first-order valence-electron chi connectivity index (χ1n) is 7.83. The van der Waals surface area contributed by atoms with Crippen LogP contribution in [0.4, 0.5) is 10.5 Å². The van der Waals surface area contributed by atoms with Gasteiger partial charge in [0.2, 0.25) is 0 Å². The van der Waals surface area contributed by atoms with Crippen molar-refractivity contribution < 1.29 is 19.1 Å². The lowest BCUT2D eigenvalue weighted by atomic mass is 10.2. The van der Waals surface area contributed by atoms with Crippen molar-refractivity contribution in [3.63, 3.8) is 0 Å². The van der Waals surface area contributed by atoms with E-state index in [2.05, 4.69) is 15.6 Å². The minimum absolute atomic E-state index is 0.0443. The van der Waals surface area contributed by atoms with Gasteiger partial charge in [-0.25, -0.2) is 14.6 Å². The number of nitrogen functional groups attached to an aromatic ring is 1. The summed E-state index contributed by atoms with van der Waals surface area (Å²) >= 11 is 17.5. The van der Waals surface area contributed by atoms with Crippen LogP contribution in [0.2, 0.25) is 15.2 Å². The normalized spacial score (nSPS) is 15.4. The number of anilines is 1. The number of urea groups is 1. The van der Waals surface area contributed by atoms with Gasteiger partial charge in [0.05, 0.1) is 10.7 Å². The number of rotatable bonds is 4. The first-order chi connectivity index (χ1) is 12.2. The first-order valence-corrected chi connectivity index (χ1v) is 8.96. The van der Waals surface area contributed by atoms with Gasteiger partial charge in [-0.15, -0.1) is 0 Å². The van der Waals surface area contributed by atoms with Gasteiger partial charge in [0.25, 0.3) is 5.91 Å². The summed E-state index contributed by atoms with van der Waals surface area (Å²) in [6, 6.07) is -0.595. The number of aromatic nitrogens is 1. The maximum absolute atomic E-state index is 12.2. The van der Waals surface area contributed by atoms with Crippen LogP contribution in [0.5, 0.6) is 0 Å². The quantitative estimate of drug-likeness (QED) is 0.505. The molecule has 1 unspecified atom stereocenters. The third-order valence-corrected chi connectivity index (χ3v) is 4.98. The van der Waals surface area contributed by atoms with Gasteiger partial charge in [-0.2, -0.15) is 0 Å². The van der Waals surface area contributed by atoms with Gasteiger partial charge in [0.1, 0.15) is 5.02 Å². The van der Waals surface area contributed by atoms with Gasteiger partial charge in [-0.05, 0) is 19.8 Å². The monoisotopic (exact) mass is 422 g/mol. The van der Waals surface area contributed by atoms with Crippen molar-refractivity contribution in [2.45, 2.75) is 44.8 Å². The lowest BCUT2D eigenvalue weighted by molar-refractivity contribution is -0.127. The van der Waals surface area contributed by atoms with E-state index in [0.717, 1.165) is 25.7 Å². The summed E-state index contributed by atoms with van der Waals surface area (Å²) in [5.41, 5.74) is 5.12. The Balaban J connectivity index is 1.96. The summed E-state index contributed by atoms with van der Waals surface area (Å²) in [6.45, 7) is 1.30. The van der Waals surface area contributed by atoms with Gasteiger partial charge in [0.15, 0.2) is 17.0 Å².